The van der Waals surface area contributed by atoms with Crippen molar-refractivity contribution in [1.29, 1.82) is 0 Å². The zero-order chi connectivity index (χ0) is 35.0. The number of carboxylic acid groups (broad SMARTS) is 1. The number of piperazine rings is 1. The van der Waals surface area contributed by atoms with Gasteiger partial charge in [-0.05, 0) is 87.9 Å². The Morgan fingerprint density at radius 1 is 0.980 bits per heavy atom. The number of ether oxygens (including phenoxy) is 1. The van der Waals surface area contributed by atoms with Crippen LogP contribution in [0.3, 0.4) is 0 Å². The van der Waals surface area contributed by atoms with Crippen LogP contribution >= 0.6 is 0 Å². The molecule has 2 aromatic carbocycles. The lowest BCUT2D eigenvalue weighted by molar-refractivity contribution is -0.0368. The van der Waals surface area contributed by atoms with E-state index in [1.165, 1.54) is 4.90 Å². The monoisotopic (exact) mass is 677 g/mol. The van der Waals surface area contributed by atoms with Crippen molar-refractivity contribution in [3.63, 3.8) is 0 Å². The van der Waals surface area contributed by atoms with Crippen molar-refractivity contribution in [1.82, 2.24) is 40.0 Å². The molecule has 50 heavy (non-hydrogen) atoms. The third kappa shape index (κ3) is 6.77. The highest BCUT2D eigenvalue weighted by molar-refractivity contribution is 5.94. The molecule has 13 heteroatoms. The van der Waals surface area contributed by atoms with Gasteiger partial charge in [0.25, 0.3) is 5.91 Å². The number of aromatic nitrogens is 6. The maximum atomic E-state index is 12.9. The van der Waals surface area contributed by atoms with Gasteiger partial charge in [-0.1, -0.05) is 29.5 Å². The first-order valence-corrected chi connectivity index (χ1v) is 17.2. The maximum Gasteiger partial charge on any atom is 0.407 e. The summed E-state index contributed by atoms with van der Waals surface area (Å²) >= 11 is 0. The normalized spacial score (nSPS) is 16.9. The lowest BCUT2D eigenvalue weighted by atomic mass is 10.0. The third-order valence-corrected chi connectivity index (χ3v) is 9.56. The molecule has 2 aliphatic heterocycles. The third-order valence-electron chi connectivity index (χ3n) is 9.56. The van der Waals surface area contributed by atoms with Crippen LogP contribution in [0.25, 0.3) is 33.4 Å². The molecule has 5 heterocycles. The van der Waals surface area contributed by atoms with Crippen molar-refractivity contribution >= 4 is 28.7 Å². The Bertz CT molecular complexity index is 2010. The second-order valence-electron chi connectivity index (χ2n) is 14.1. The molecule has 2 amide bonds. The molecule has 0 saturated carbocycles. The first kappa shape index (κ1) is 33.2. The summed E-state index contributed by atoms with van der Waals surface area (Å²) in [5.41, 5.74) is 7.69. The maximum absolute atomic E-state index is 12.9. The van der Waals surface area contributed by atoms with E-state index in [2.05, 4.69) is 56.9 Å². The van der Waals surface area contributed by atoms with E-state index in [1.807, 2.05) is 50.7 Å². The average Bonchev–Trinajstić information content (AvgIpc) is 3.78. The molecule has 260 valence electrons. The van der Waals surface area contributed by atoms with E-state index < -0.39 is 6.09 Å². The Kier molecular flexibility index (Phi) is 9.00. The van der Waals surface area contributed by atoms with Gasteiger partial charge in [-0.15, -0.1) is 5.10 Å². The zero-order valence-corrected chi connectivity index (χ0v) is 29.0. The molecule has 2 N–H and O–H groups in total. The summed E-state index contributed by atoms with van der Waals surface area (Å²) in [7, 11) is 0. The van der Waals surface area contributed by atoms with Crippen molar-refractivity contribution in [3.05, 3.63) is 77.7 Å². The number of carbonyl (C=O) groups is 2. The van der Waals surface area contributed by atoms with Gasteiger partial charge >= 0.3 is 6.09 Å². The fourth-order valence-electron chi connectivity index (χ4n) is 6.54. The lowest BCUT2D eigenvalue weighted by Gasteiger charge is -2.34. The number of aryl methyl sites for hydroxylation is 1. The van der Waals surface area contributed by atoms with Gasteiger partial charge in [0.2, 0.25) is 0 Å². The molecule has 3 aromatic heterocycles. The summed E-state index contributed by atoms with van der Waals surface area (Å²) in [6, 6.07) is 16.7. The van der Waals surface area contributed by atoms with Crippen LogP contribution in [-0.2, 0) is 16.8 Å². The van der Waals surface area contributed by atoms with E-state index in [1.54, 1.807) is 10.9 Å². The first-order valence-electron chi connectivity index (χ1n) is 17.2. The first-order chi connectivity index (χ1) is 24.0. The van der Waals surface area contributed by atoms with Gasteiger partial charge in [0.15, 0.2) is 17.6 Å². The van der Waals surface area contributed by atoms with Gasteiger partial charge in [0, 0.05) is 67.7 Å². The van der Waals surface area contributed by atoms with Crippen LogP contribution in [0.15, 0.2) is 60.9 Å². The molecule has 2 fully saturated rings. The van der Waals surface area contributed by atoms with E-state index in [-0.39, 0.29) is 23.4 Å². The highest BCUT2D eigenvalue weighted by atomic mass is 16.5. The Morgan fingerprint density at radius 2 is 1.74 bits per heavy atom. The number of nitrogens with one attached hydrogen (secondary N) is 1. The van der Waals surface area contributed by atoms with Crippen LogP contribution in [0.4, 0.5) is 10.5 Å². The van der Waals surface area contributed by atoms with E-state index in [0.717, 1.165) is 69.5 Å². The van der Waals surface area contributed by atoms with Crippen molar-refractivity contribution in [3.8, 4) is 22.4 Å². The van der Waals surface area contributed by atoms with Crippen molar-refractivity contribution < 1.29 is 19.4 Å². The molecular weight excluding hydrogens is 634 g/mol. The summed E-state index contributed by atoms with van der Waals surface area (Å²) in [4.78, 5) is 32.8. The number of anilines is 1. The number of pyridine rings is 1. The van der Waals surface area contributed by atoms with E-state index in [0.29, 0.717) is 39.3 Å². The van der Waals surface area contributed by atoms with Gasteiger partial charge in [-0.25, -0.2) is 19.1 Å². The predicted molar refractivity (Wildman–Crippen MR) is 190 cm³/mol. The highest BCUT2D eigenvalue weighted by Gasteiger charge is 2.25. The van der Waals surface area contributed by atoms with Gasteiger partial charge in [-0.3, -0.25) is 4.79 Å². The minimum Gasteiger partial charge on any atom is -0.465 e. The molecule has 0 bridgehead atoms. The van der Waals surface area contributed by atoms with Gasteiger partial charge in [0.1, 0.15) is 5.69 Å². The SMILES string of the molecule is Cc1cc(-c2nn(C3CCCCO3)c3ncc(-c4ccc(N5CCN(C(=O)O)CC5)cc4)cc23)ccc1CNC(=O)c1cn(C(C)(C)C)nn1. The average molecular weight is 678 g/mol. The predicted octanol–water partition coefficient (Wildman–Crippen LogP) is 5.85. The molecule has 2 saturated heterocycles. The Hall–Kier alpha value is -5.30. The zero-order valence-electron chi connectivity index (χ0n) is 29.0. The molecule has 13 nitrogen and oxygen atoms in total. The van der Waals surface area contributed by atoms with Crippen molar-refractivity contribution in [2.24, 2.45) is 0 Å². The molecule has 1 unspecified atom stereocenters. The van der Waals surface area contributed by atoms with Crippen LogP contribution in [-0.4, -0.2) is 84.6 Å². The minimum atomic E-state index is -0.866. The number of benzene rings is 2. The quantitative estimate of drug-likeness (QED) is 0.217. The summed E-state index contributed by atoms with van der Waals surface area (Å²) < 4.78 is 9.77. The second-order valence-corrected chi connectivity index (χ2v) is 14.1. The number of hydrogen-bond donors (Lipinski definition) is 2. The van der Waals surface area contributed by atoms with E-state index in [4.69, 9.17) is 14.8 Å². The molecule has 0 aliphatic carbocycles. The van der Waals surface area contributed by atoms with Crippen LogP contribution in [0.5, 0.6) is 0 Å². The van der Waals surface area contributed by atoms with E-state index in [9.17, 15) is 14.7 Å². The molecule has 0 spiro atoms. The van der Waals surface area contributed by atoms with Gasteiger partial charge in [-0.2, -0.15) is 5.10 Å². The molecule has 1 atom stereocenters. The van der Waals surface area contributed by atoms with Crippen molar-refractivity contribution in [2.45, 2.75) is 65.3 Å². The summed E-state index contributed by atoms with van der Waals surface area (Å²) in [6.45, 7) is 11.4. The van der Waals surface area contributed by atoms with Crippen LogP contribution in [0, 0.1) is 6.92 Å². The highest BCUT2D eigenvalue weighted by Crippen LogP contribution is 2.35. The fourth-order valence-corrected chi connectivity index (χ4v) is 6.54. The van der Waals surface area contributed by atoms with E-state index >= 15 is 0 Å². The molecule has 5 aromatic rings. The molecule has 7 rings (SSSR count). The number of nitrogens with zero attached hydrogens (tertiary/aromatic N) is 8. The number of fused-ring (bicyclic) bond motifs is 1. The molecular formula is C37H43N9O4. The standard InChI is InChI=1S/C37H43N9O4/c1-24-19-26(8-9-27(24)21-39-35(47)31-23-45(42-40-31)37(2,3)4)33-30-20-28(22-38-34(30)46(41-33)32-7-5-6-18-50-32)25-10-12-29(13-11-25)43-14-16-44(17-15-43)36(48)49/h8-13,19-20,22-23,32H,5-7,14-18,21H2,1-4H3,(H,39,47)(H,48,49). The summed E-state index contributed by atoms with van der Waals surface area (Å²) in [5.74, 6) is -0.270. The largest absolute Gasteiger partial charge is 0.465 e. The van der Waals surface area contributed by atoms with Crippen LogP contribution in [0.1, 0.15) is 67.9 Å². The number of carbonyl (C=O) groups excluding carboxylic acids is 1. The number of hydrogen-bond acceptors (Lipinski definition) is 8. The summed E-state index contributed by atoms with van der Waals surface area (Å²) in [5, 5.41) is 26.5. The Morgan fingerprint density at radius 3 is 2.40 bits per heavy atom. The number of amides is 2. The van der Waals surface area contributed by atoms with Gasteiger partial charge < -0.3 is 25.0 Å². The topological polar surface area (TPSA) is 144 Å². The summed E-state index contributed by atoms with van der Waals surface area (Å²) in [6.07, 6.45) is 5.51. The second kappa shape index (κ2) is 13.5. The smallest absolute Gasteiger partial charge is 0.407 e. The Labute approximate surface area is 290 Å². The molecule has 2 aliphatic rings. The Balaban J connectivity index is 1.14. The minimum absolute atomic E-state index is 0.175. The van der Waals surface area contributed by atoms with Crippen molar-refractivity contribution in [2.75, 3.05) is 37.7 Å². The fraction of sp³-hybridized carbons (Fsp3) is 0.405. The van der Waals surface area contributed by atoms with Crippen LogP contribution in [0.2, 0.25) is 0 Å². The van der Waals surface area contributed by atoms with Gasteiger partial charge in [0.05, 0.1) is 11.7 Å². The van der Waals surface area contributed by atoms with Crippen LogP contribution < -0.4 is 10.2 Å². The number of rotatable bonds is 7. The molecule has 0 radical (unpaired) electrons. The lowest BCUT2D eigenvalue weighted by Crippen LogP contribution is -2.48.